The number of pyridine rings is 3. The number of cyclic esters (lactones) is 1. The number of carbonyl (C=O) groups is 1. The molecule has 10 nitrogen and oxygen atoms in total. The third kappa shape index (κ3) is 4.30. The third-order valence-corrected chi connectivity index (χ3v) is 10.7. The van der Waals surface area contributed by atoms with E-state index in [2.05, 4.69) is 15.3 Å². The van der Waals surface area contributed by atoms with Crippen LogP contribution in [0.1, 0.15) is 81.4 Å². The predicted molar refractivity (Wildman–Crippen MR) is 152 cm³/mol. The Hall–Kier alpha value is -3.31. The normalized spacial score (nSPS) is 24.0. The molecule has 2 aliphatic carbocycles. The number of ether oxygens (including phenoxy) is 2. The van der Waals surface area contributed by atoms with Crippen LogP contribution in [0.5, 0.6) is 5.88 Å². The lowest BCUT2D eigenvalue weighted by Gasteiger charge is -2.39. The number of aromatic nitrogens is 3. The fraction of sp³-hybridized carbons (Fsp3) is 0.517. The Morgan fingerprint density at radius 3 is 2.52 bits per heavy atom. The summed E-state index contributed by atoms with van der Waals surface area (Å²) in [5, 5.41) is 4.48. The Morgan fingerprint density at radius 2 is 1.88 bits per heavy atom. The number of fused-ring (bicyclic) bond motifs is 3. The van der Waals surface area contributed by atoms with Crippen LogP contribution in [0.3, 0.4) is 0 Å². The molecule has 2 saturated carbocycles. The van der Waals surface area contributed by atoms with Crippen LogP contribution in [0.2, 0.25) is 0 Å². The molecule has 212 valence electrons. The smallest absolute Gasteiger partial charge is 0.340 e. The second-order valence-corrected chi connectivity index (χ2v) is 14.6. The van der Waals surface area contributed by atoms with E-state index in [9.17, 15) is 13.2 Å². The second kappa shape index (κ2) is 8.84. The van der Waals surface area contributed by atoms with Crippen LogP contribution in [0.25, 0.3) is 10.8 Å². The number of nitrogens with one attached hydrogen (secondary N) is 1. The monoisotopic (exact) mass is 565 g/mol. The van der Waals surface area contributed by atoms with Crippen molar-refractivity contribution in [3.63, 3.8) is 0 Å². The van der Waals surface area contributed by atoms with Crippen LogP contribution in [0.15, 0.2) is 30.6 Å². The van der Waals surface area contributed by atoms with Crippen LogP contribution >= 0.6 is 0 Å². The molecule has 0 aromatic carbocycles. The van der Waals surface area contributed by atoms with Gasteiger partial charge < -0.3 is 20.5 Å². The van der Waals surface area contributed by atoms with E-state index in [4.69, 9.17) is 20.2 Å². The number of rotatable bonds is 7. The van der Waals surface area contributed by atoms with Gasteiger partial charge in [0.25, 0.3) is 0 Å². The molecular weight excluding hydrogens is 530 g/mol. The van der Waals surface area contributed by atoms with Gasteiger partial charge in [-0.2, -0.15) is 0 Å². The topological polar surface area (TPSA) is 146 Å². The largest absolute Gasteiger partial charge is 0.474 e. The van der Waals surface area contributed by atoms with Crippen molar-refractivity contribution in [1.29, 1.82) is 0 Å². The quantitative estimate of drug-likeness (QED) is 0.398. The summed E-state index contributed by atoms with van der Waals surface area (Å²) < 4.78 is 35.6. The highest BCUT2D eigenvalue weighted by atomic mass is 32.2. The summed E-state index contributed by atoms with van der Waals surface area (Å²) in [6.45, 7) is 7.88. The standard InChI is InChI=1S/C29H35N5O5S/c1-6-28(4,30)21-15-32-25(38-16-11-17(12-16)40(5,36)37)20-14-31-23(13-19(20)21)33-22-8-7-18-24(34-22)29(9-10-29)27(2,3)39-26(18)35/h7-8,13-17H,6,9-12,30H2,1-5H3,(H,31,33,34)/t16?,17?,28-/m1/s1. The molecule has 11 heteroatoms. The summed E-state index contributed by atoms with van der Waals surface area (Å²) in [6, 6.07) is 5.43. The van der Waals surface area contributed by atoms with Gasteiger partial charge in [-0.15, -0.1) is 0 Å². The van der Waals surface area contributed by atoms with Gasteiger partial charge in [0.15, 0.2) is 9.84 Å². The fourth-order valence-electron chi connectivity index (χ4n) is 5.86. The molecule has 3 aliphatic rings. The lowest BCUT2D eigenvalue weighted by molar-refractivity contribution is -0.0285. The average Bonchev–Trinajstić information content (AvgIpc) is 3.66. The first-order valence-electron chi connectivity index (χ1n) is 13.7. The minimum atomic E-state index is -3.09. The first-order valence-corrected chi connectivity index (χ1v) is 15.6. The molecule has 4 heterocycles. The van der Waals surface area contributed by atoms with Crippen LogP contribution in [0, 0.1) is 0 Å². The van der Waals surface area contributed by atoms with Crippen molar-refractivity contribution in [1.82, 2.24) is 15.0 Å². The molecule has 6 rings (SSSR count). The maximum Gasteiger partial charge on any atom is 0.340 e. The van der Waals surface area contributed by atoms with Gasteiger partial charge in [0.2, 0.25) is 5.88 Å². The molecule has 0 bridgehead atoms. The van der Waals surface area contributed by atoms with Crippen LogP contribution in [-0.2, 0) is 25.5 Å². The van der Waals surface area contributed by atoms with Crippen molar-refractivity contribution in [2.75, 3.05) is 11.6 Å². The van der Waals surface area contributed by atoms with Gasteiger partial charge in [-0.1, -0.05) is 6.92 Å². The number of hydrogen-bond acceptors (Lipinski definition) is 10. The minimum absolute atomic E-state index is 0.222. The van der Waals surface area contributed by atoms with Crippen molar-refractivity contribution < 1.29 is 22.7 Å². The minimum Gasteiger partial charge on any atom is -0.474 e. The van der Waals surface area contributed by atoms with Crippen LogP contribution in [0.4, 0.5) is 11.6 Å². The van der Waals surface area contributed by atoms with Gasteiger partial charge in [-0.25, -0.2) is 28.2 Å². The number of esters is 1. The Kier molecular flexibility index (Phi) is 5.94. The van der Waals surface area contributed by atoms with E-state index >= 15 is 0 Å². The molecule has 1 aliphatic heterocycles. The zero-order valence-corrected chi connectivity index (χ0v) is 24.3. The Bertz CT molecular complexity index is 1640. The van der Waals surface area contributed by atoms with E-state index in [1.165, 1.54) is 6.26 Å². The van der Waals surface area contributed by atoms with Gasteiger partial charge in [-0.05, 0) is 69.2 Å². The SMILES string of the molecule is CC[C@@](C)(N)c1cnc(OC2CC(S(C)(=O)=O)C2)c2cnc(Nc3ccc4c(n3)C3(CC3)C(C)(C)OC4=O)cc12. The van der Waals surface area contributed by atoms with E-state index < -0.39 is 21.0 Å². The molecule has 1 spiro atoms. The van der Waals surface area contributed by atoms with E-state index in [0.29, 0.717) is 47.7 Å². The molecule has 3 N–H and O–H groups in total. The molecule has 0 radical (unpaired) electrons. The Morgan fingerprint density at radius 1 is 1.15 bits per heavy atom. The highest BCUT2D eigenvalue weighted by Gasteiger charge is 2.63. The lowest BCUT2D eigenvalue weighted by atomic mass is 9.80. The summed E-state index contributed by atoms with van der Waals surface area (Å²) in [4.78, 5) is 26.7. The molecule has 3 aromatic rings. The first-order chi connectivity index (χ1) is 18.7. The van der Waals surface area contributed by atoms with Crippen LogP contribution in [-0.4, -0.2) is 52.5 Å². The number of nitrogens with zero attached hydrogens (tertiary/aromatic N) is 3. The molecule has 40 heavy (non-hydrogen) atoms. The maximum atomic E-state index is 12.6. The molecular formula is C29H35N5O5S. The van der Waals surface area contributed by atoms with Gasteiger partial charge >= 0.3 is 5.97 Å². The van der Waals surface area contributed by atoms with Crippen molar-refractivity contribution >= 4 is 38.2 Å². The van der Waals surface area contributed by atoms with Crippen molar-refractivity contribution in [3.05, 3.63) is 47.4 Å². The van der Waals surface area contributed by atoms with E-state index in [1.54, 1.807) is 24.5 Å². The zero-order chi connectivity index (χ0) is 28.7. The summed E-state index contributed by atoms with van der Waals surface area (Å²) in [7, 11) is -3.09. The number of sulfone groups is 1. The maximum absolute atomic E-state index is 12.6. The highest BCUT2D eigenvalue weighted by molar-refractivity contribution is 7.91. The highest BCUT2D eigenvalue weighted by Crippen LogP contribution is 2.59. The third-order valence-electron chi connectivity index (χ3n) is 9.10. The lowest BCUT2D eigenvalue weighted by Crippen LogP contribution is -2.46. The van der Waals surface area contributed by atoms with Crippen molar-refractivity contribution in [3.8, 4) is 5.88 Å². The van der Waals surface area contributed by atoms with Crippen molar-refractivity contribution in [2.24, 2.45) is 5.73 Å². The second-order valence-electron chi connectivity index (χ2n) is 12.2. The Balaban J connectivity index is 1.34. The molecule has 1 atom stereocenters. The number of nitrogens with two attached hydrogens (primary N) is 1. The van der Waals surface area contributed by atoms with Gasteiger partial charge in [-0.3, -0.25) is 0 Å². The first kappa shape index (κ1) is 26.9. The van der Waals surface area contributed by atoms with Gasteiger partial charge in [0, 0.05) is 37.0 Å². The molecule has 2 fully saturated rings. The van der Waals surface area contributed by atoms with E-state index in [-0.39, 0.29) is 22.7 Å². The summed E-state index contributed by atoms with van der Waals surface area (Å²) in [5.74, 6) is 1.21. The predicted octanol–water partition coefficient (Wildman–Crippen LogP) is 4.29. The molecule has 0 unspecified atom stereocenters. The average molecular weight is 566 g/mol. The summed E-state index contributed by atoms with van der Waals surface area (Å²) in [6.07, 6.45) is 7.88. The van der Waals surface area contributed by atoms with E-state index in [1.807, 2.05) is 33.8 Å². The number of carbonyl (C=O) groups excluding carboxylic acids is 1. The Labute approximate surface area is 234 Å². The number of anilines is 2. The fourth-order valence-corrected chi connectivity index (χ4v) is 6.99. The van der Waals surface area contributed by atoms with Crippen molar-refractivity contribution in [2.45, 2.75) is 87.7 Å². The van der Waals surface area contributed by atoms with E-state index in [0.717, 1.165) is 29.5 Å². The summed E-state index contributed by atoms with van der Waals surface area (Å²) >= 11 is 0. The zero-order valence-electron chi connectivity index (χ0n) is 23.4. The molecule has 0 amide bonds. The van der Waals surface area contributed by atoms with Gasteiger partial charge in [0.1, 0.15) is 23.3 Å². The van der Waals surface area contributed by atoms with Crippen LogP contribution < -0.4 is 15.8 Å². The van der Waals surface area contributed by atoms with Gasteiger partial charge in [0.05, 0.1) is 27.3 Å². The molecule has 0 saturated heterocycles. The number of hydrogen-bond donors (Lipinski definition) is 2. The summed E-state index contributed by atoms with van der Waals surface area (Å²) in [5.41, 5.74) is 7.28. The molecule has 3 aromatic heterocycles.